The molecule has 1 unspecified atom stereocenters. The van der Waals surface area contributed by atoms with Crippen molar-refractivity contribution in [2.24, 2.45) is 0 Å². The number of nitrogens with zero attached hydrogens (tertiary/aromatic N) is 8. The van der Waals surface area contributed by atoms with Gasteiger partial charge in [0.25, 0.3) is 0 Å². The minimum absolute atomic E-state index is 0.213. The molecule has 0 aliphatic carbocycles. The number of fused-ring (bicyclic) bond motifs is 1. The highest BCUT2D eigenvalue weighted by Gasteiger charge is 2.32. The third kappa shape index (κ3) is 5.25. The van der Waals surface area contributed by atoms with Crippen molar-refractivity contribution in [3.8, 4) is 23.1 Å². The number of pyridine rings is 2. The van der Waals surface area contributed by atoms with Gasteiger partial charge in [0.1, 0.15) is 34.7 Å². The molecule has 214 valence electrons. The fourth-order valence-electron chi connectivity index (χ4n) is 5.58. The van der Waals surface area contributed by atoms with Crippen LogP contribution < -0.4 is 4.74 Å². The number of ether oxygens (including phenoxy) is 2. The Hall–Kier alpha value is -4.02. The lowest BCUT2D eigenvalue weighted by Crippen LogP contribution is -2.49. The maximum Gasteiger partial charge on any atom is 0.417 e. The van der Waals surface area contributed by atoms with E-state index >= 15 is 0 Å². The summed E-state index contributed by atoms with van der Waals surface area (Å²) in [5.74, 6) is 0.295. The zero-order valence-electron chi connectivity index (χ0n) is 22.7. The van der Waals surface area contributed by atoms with Gasteiger partial charge in [0, 0.05) is 36.3 Å². The van der Waals surface area contributed by atoms with Gasteiger partial charge in [-0.3, -0.25) is 9.88 Å². The highest BCUT2D eigenvalue weighted by atomic mass is 19.4. The highest BCUT2D eigenvalue weighted by molar-refractivity contribution is 5.74. The van der Waals surface area contributed by atoms with Crippen LogP contribution in [0.2, 0.25) is 0 Å². The van der Waals surface area contributed by atoms with E-state index in [0.29, 0.717) is 28.6 Å². The second kappa shape index (κ2) is 10.8. The monoisotopic (exact) mass is 566 g/mol. The van der Waals surface area contributed by atoms with E-state index in [1.165, 1.54) is 16.9 Å². The summed E-state index contributed by atoms with van der Waals surface area (Å²) in [7, 11) is 0. The maximum atomic E-state index is 13.3. The smallest absolute Gasteiger partial charge is 0.417 e. The average molecular weight is 567 g/mol. The van der Waals surface area contributed by atoms with Crippen LogP contribution in [0.25, 0.3) is 16.8 Å². The van der Waals surface area contributed by atoms with Gasteiger partial charge in [0.05, 0.1) is 42.8 Å². The first kappa shape index (κ1) is 27.2. The van der Waals surface area contributed by atoms with E-state index < -0.39 is 17.8 Å². The summed E-state index contributed by atoms with van der Waals surface area (Å²) in [6.07, 6.45) is 2.99. The Labute approximate surface area is 234 Å². The molecule has 41 heavy (non-hydrogen) atoms. The number of halogens is 3. The lowest BCUT2D eigenvalue weighted by Gasteiger charge is -2.36. The van der Waals surface area contributed by atoms with E-state index in [-0.39, 0.29) is 17.2 Å². The van der Waals surface area contributed by atoms with Gasteiger partial charge in [-0.2, -0.15) is 23.5 Å². The van der Waals surface area contributed by atoms with E-state index in [9.17, 15) is 18.4 Å². The molecule has 6 heterocycles. The second-order valence-corrected chi connectivity index (χ2v) is 10.6. The van der Waals surface area contributed by atoms with Crippen molar-refractivity contribution < 1.29 is 22.6 Å². The van der Waals surface area contributed by atoms with E-state index in [1.807, 2.05) is 11.6 Å². The van der Waals surface area contributed by atoms with Gasteiger partial charge in [-0.15, -0.1) is 5.10 Å². The molecule has 2 saturated heterocycles. The zero-order chi connectivity index (χ0) is 28.7. The molecule has 0 radical (unpaired) electrons. The number of rotatable bonds is 6. The molecular formula is C28H29F3N8O2. The van der Waals surface area contributed by atoms with Crippen molar-refractivity contribution in [1.82, 2.24) is 34.5 Å². The van der Waals surface area contributed by atoms with E-state index in [1.54, 1.807) is 19.2 Å². The molecule has 0 bridgehead atoms. The molecule has 10 nitrogen and oxygen atoms in total. The summed E-state index contributed by atoms with van der Waals surface area (Å²) in [5.41, 5.74) is 2.29. The molecule has 0 saturated carbocycles. The lowest BCUT2D eigenvalue weighted by atomic mass is 10.1. The van der Waals surface area contributed by atoms with Crippen molar-refractivity contribution in [2.75, 3.05) is 26.3 Å². The number of hydrogen-bond donors (Lipinski definition) is 0. The molecule has 4 aromatic heterocycles. The fraction of sp³-hybridized carbons (Fsp3) is 0.464. The minimum Gasteiger partial charge on any atom is -0.484 e. The van der Waals surface area contributed by atoms with Crippen LogP contribution >= 0.6 is 0 Å². The number of alkyl halides is 3. The summed E-state index contributed by atoms with van der Waals surface area (Å²) in [4.78, 5) is 6.25. The molecule has 2 atom stereocenters. The van der Waals surface area contributed by atoms with E-state index in [0.717, 1.165) is 63.5 Å². The number of nitriles is 1. The third-order valence-electron chi connectivity index (χ3n) is 7.97. The Morgan fingerprint density at radius 2 is 1.95 bits per heavy atom. The van der Waals surface area contributed by atoms with Gasteiger partial charge in [-0.1, -0.05) is 5.21 Å². The Kier molecular flexibility index (Phi) is 7.13. The van der Waals surface area contributed by atoms with E-state index in [4.69, 9.17) is 9.47 Å². The fourth-order valence-corrected chi connectivity index (χ4v) is 5.58. The Bertz CT molecular complexity index is 1600. The topological polar surface area (TPSA) is 106 Å². The Morgan fingerprint density at radius 1 is 1.12 bits per heavy atom. The van der Waals surface area contributed by atoms with Crippen LogP contribution in [0.15, 0.2) is 36.9 Å². The molecular weight excluding hydrogens is 537 g/mol. The van der Waals surface area contributed by atoms with Crippen molar-refractivity contribution in [2.45, 2.75) is 57.5 Å². The van der Waals surface area contributed by atoms with Crippen LogP contribution in [-0.4, -0.2) is 66.8 Å². The molecule has 2 aliphatic heterocycles. The summed E-state index contributed by atoms with van der Waals surface area (Å²) >= 11 is 0. The molecule has 2 aliphatic rings. The number of aromatic nitrogens is 6. The normalized spacial score (nSPS) is 19.5. The minimum atomic E-state index is -4.53. The Balaban J connectivity index is 1.31. The first-order valence-corrected chi connectivity index (χ1v) is 13.6. The van der Waals surface area contributed by atoms with Crippen molar-refractivity contribution >= 4 is 5.52 Å². The quantitative estimate of drug-likeness (QED) is 0.329. The highest BCUT2D eigenvalue weighted by Crippen LogP contribution is 2.36. The predicted molar refractivity (Wildman–Crippen MR) is 141 cm³/mol. The summed E-state index contributed by atoms with van der Waals surface area (Å²) < 4.78 is 54.9. The van der Waals surface area contributed by atoms with Crippen molar-refractivity contribution in [3.05, 3.63) is 59.3 Å². The SMILES string of the molecule is Cc1c(-c2cc(O[C@H](C)c3cncc(C(F)(F)F)c3)c3c(C#N)cnn3c2)nnn1C1CCCN(C2COC2)CC1. The summed E-state index contributed by atoms with van der Waals surface area (Å²) in [6, 6.07) is 5.58. The van der Waals surface area contributed by atoms with Gasteiger partial charge in [-0.25, -0.2) is 9.20 Å². The Morgan fingerprint density at radius 3 is 2.68 bits per heavy atom. The molecule has 0 amide bonds. The average Bonchev–Trinajstić information content (AvgIpc) is 3.43. The number of hydrogen-bond acceptors (Lipinski definition) is 8. The van der Waals surface area contributed by atoms with Gasteiger partial charge >= 0.3 is 6.18 Å². The van der Waals surface area contributed by atoms with Gasteiger partial charge in [-0.05, 0) is 51.8 Å². The summed E-state index contributed by atoms with van der Waals surface area (Å²) in [5, 5.41) is 23.0. The molecule has 4 aromatic rings. The van der Waals surface area contributed by atoms with Crippen LogP contribution in [0, 0.1) is 18.3 Å². The molecule has 6 rings (SSSR count). The van der Waals surface area contributed by atoms with Crippen LogP contribution in [-0.2, 0) is 10.9 Å². The van der Waals surface area contributed by atoms with E-state index in [2.05, 4.69) is 31.4 Å². The lowest BCUT2D eigenvalue weighted by molar-refractivity contribution is -0.137. The zero-order valence-corrected chi connectivity index (χ0v) is 22.7. The second-order valence-electron chi connectivity index (χ2n) is 10.6. The summed E-state index contributed by atoms with van der Waals surface area (Å²) in [6.45, 7) is 7.23. The largest absolute Gasteiger partial charge is 0.484 e. The van der Waals surface area contributed by atoms with Crippen LogP contribution in [0.5, 0.6) is 5.75 Å². The standard InChI is InChI=1S/C28H29F3N8O2/c1-17-26(35-36-39(17)23-4-3-6-37(7-5-23)24-15-40-16-24)20-9-25(27-21(10-32)12-34-38(27)14-20)41-18(2)19-8-22(13-33-11-19)28(29,30)31/h8-9,11-14,18,23-24H,3-7,15-16H2,1-2H3/t18-,23?/m1/s1. The molecule has 0 N–H and O–H groups in total. The molecule has 2 fully saturated rings. The van der Waals surface area contributed by atoms with Gasteiger partial charge in [0.2, 0.25) is 0 Å². The molecule has 13 heteroatoms. The maximum absolute atomic E-state index is 13.3. The molecule has 0 spiro atoms. The van der Waals surface area contributed by atoms with Crippen LogP contribution in [0.4, 0.5) is 13.2 Å². The predicted octanol–water partition coefficient (Wildman–Crippen LogP) is 4.75. The van der Waals surface area contributed by atoms with Gasteiger partial charge in [0.15, 0.2) is 0 Å². The first-order valence-electron chi connectivity index (χ1n) is 13.6. The molecule has 0 aromatic carbocycles. The van der Waals surface area contributed by atoms with Crippen LogP contribution in [0.1, 0.15) is 60.7 Å². The van der Waals surface area contributed by atoms with Gasteiger partial charge < -0.3 is 9.47 Å². The van der Waals surface area contributed by atoms with Crippen molar-refractivity contribution in [1.29, 1.82) is 5.26 Å². The van der Waals surface area contributed by atoms with Crippen LogP contribution in [0.3, 0.4) is 0 Å². The first-order chi connectivity index (χ1) is 19.7. The third-order valence-corrected chi connectivity index (χ3v) is 7.97. The number of likely N-dealkylation sites (tertiary alicyclic amines) is 1. The van der Waals surface area contributed by atoms with Crippen molar-refractivity contribution in [3.63, 3.8) is 0 Å².